The quantitative estimate of drug-likeness (QED) is 0.592. The lowest BCUT2D eigenvalue weighted by atomic mass is 10.0. The van der Waals surface area contributed by atoms with Crippen molar-refractivity contribution in [2.24, 2.45) is 0 Å². The summed E-state index contributed by atoms with van der Waals surface area (Å²) >= 11 is 1.27. The van der Waals surface area contributed by atoms with E-state index < -0.39 is 11.9 Å². The van der Waals surface area contributed by atoms with Gasteiger partial charge in [-0.2, -0.15) is 0 Å². The van der Waals surface area contributed by atoms with Crippen molar-refractivity contribution in [2.75, 3.05) is 5.75 Å². The van der Waals surface area contributed by atoms with Crippen molar-refractivity contribution in [3.63, 3.8) is 0 Å². The molecule has 0 spiro atoms. The Morgan fingerprint density at radius 3 is 2.68 bits per heavy atom. The van der Waals surface area contributed by atoms with Crippen molar-refractivity contribution >= 4 is 23.7 Å². The Labute approximate surface area is 167 Å². The molecule has 0 saturated heterocycles. The molecular weight excluding hydrogens is 376 g/mol. The monoisotopic (exact) mass is 398 g/mol. The van der Waals surface area contributed by atoms with Crippen LogP contribution in [-0.4, -0.2) is 27.2 Å². The molecule has 2 aromatic heterocycles. The van der Waals surface area contributed by atoms with Gasteiger partial charge in [0.2, 0.25) is 5.91 Å². The minimum atomic E-state index is -0.561. The van der Waals surface area contributed by atoms with Crippen LogP contribution in [0.1, 0.15) is 31.1 Å². The third kappa shape index (κ3) is 5.26. The summed E-state index contributed by atoms with van der Waals surface area (Å²) in [7, 11) is 0. The SMILES string of the molecule is CC(C)c1ccc(-n2ccnc2SCC(=O)NC(=O)NCc2ccco2)cc1. The normalized spacial score (nSPS) is 10.8. The number of aromatic nitrogens is 2. The number of benzene rings is 1. The van der Waals surface area contributed by atoms with Gasteiger partial charge in [0.1, 0.15) is 5.76 Å². The summed E-state index contributed by atoms with van der Waals surface area (Å²) < 4.78 is 7.03. The molecule has 2 N–H and O–H groups in total. The van der Waals surface area contributed by atoms with Gasteiger partial charge in [-0.15, -0.1) is 0 Å². The van der Waals surface area contributed by atoms with Crippen molar-refractivity contribution in [1.29, 1.82) is 0 Å². The number of amides is 3. The van der Waals surface area contributed by atoms with Gasteiger partial charge in [0.15, 0.2) is 5.16 Å². The number of urea groups is 1. The van der Waals surface area contributed by atoms with Crippen LogP contribution in [0.5, 0.6) is 0 Å². The Kier molecular flexibility index (Phi) is 6.54. The molecule has 1 aromatic carbocycles. The average molecular weight is 398 g/mol. The number of thioether (sulfide) groups is 1. The molecule has 7 nitrogen and oxygen atoms in total. The molecule has 0 aliphatic heterocycles. The first-order chi connectivity index (χ1) is 13.5. The third-order valence-electron chi connectivity index (χ3n) is 4.03. The number of imide groups is 1. The van der Waals surface area contributed by atoms with Crippen LogP contribution in [0.2, 0.25) is 0 Å². The maximum atomic E-state index is 12.0. The lowest BCUT2D eigenvalue weighted by Crippen LogP contribution is -2.39. The summed E-state index contributed by atoms with van der Waals surface area (Å²) in [5.41, 5.74) is 2.24. The molecule has 0 aliphatic rings. The number of rotatable bonds is 7. The molecule has 3 rings (SSSR count). The number of carbonyl (C=O) groups is 2. The minimum Gasteiger partial charge on any atom is -0.467 e. The molecule has 0 unspecified atom stereocenters. The van der Waals surface area contributed by atoms with Crippen molar-refractivity contribution < 1.29 is 14.0 Å². The number of nitrogens with zero attached hydrogens (tertiary/aromatic N) is 2. The zero-order valence-electron chi connectivity index (χ0n) is 15.7. The van der Waals surface area contributed by atoms with E-state index in [4.69, 9.17) is 4.42 Å². The first-order valence-corrected chi connectivity index (χ1v) is 9.88. The van der Waals surface area contributed by atoms with E-state index in [2.05, 4.69) is 41.6 Å². The first-order valence-electron chi connectivity index (χ1n) is 8.89. The Balaban J connectivity index is 1.51. The first kappa shape index (κ1) is 19.8. The summed E-state index contributed by atoms with van der Waals surface area (Å²) in [6.07, 6.45) is 5.06. The summed E-state index contributed by atoms with van der Waals surface area (Å²) in [4.78, 5) is 28.1. The second-order valence-electron chi connectivity index (χ2n) is 6.42. The van der Waals surface area contributed by atoms with Crippen LogP contribution in [-0.2, 0) is 11.3 Å². The molecule has 3 amide bonds. The molecule has 0 saturated carbocycles. The third-order valence-corrected chi connectivity index (χ3v) is 5.00. The van der Waals surface area contributed by atoms with E-state index in [0.29, 0.717) is 16.8 Å². The lowest BCUT2D eigenvalue weighted by molar-refractivity contribution is -0.117. The Morgan fingerprint density at radius 1 is 1.21 bits per heavy atom. The molecule has 2 heterocycles. The smallest absolute Gasteiger partial charge is 0.321 e. The zero-order valence-corrected chi connectivity index (χ0v) is 16.5. The number of imidazole rings is 1. The average Bonchev–Trinajstić information content (AvgIpc) is 3.36. The predicted molar refractivity (Wildman–Crippen MR) is 107 cm³/mol. The second kappa shape index (κ2) is 9.27. The van der Waals surface area contributed by atoms with E-state index in [-0.39, 0.29) is 12.3 Å². The highest BCUT2D eigenvalue weighted by molar-refractivity contribution is 7.99. The Hall–Kier alpha value is -3.00. The fourth-order valence-corrected chi connectivity index (χ4v) is 3.30. The number of carbonyl (C=O) groups excluding carboxylic acids is 2. The van der Waals surface area contributed by atoms with Gasteiger partial charge in [0.05, 0.1) is 18.6 Å². The van der Waals surface area contributed by atoms with Gasteiger partial charge >= 0.3 is 6.03 Å². The largest absolute Gasteiger partial charge is 0.467 e. The van der Waals surface area contributed by atoms with Gasteiger partial charge in [-0.25, -0.2) is 9.78 Å². The molecule has 0 atom stereocenters. The fraction of sp³-hybridized carbons (Fsp3) is 0.250. The van der Waals surface area contributed by atoms with Crippen LogP contribution in [0.15, 0.2) is 64.6 Å². The van der Waals surface area contributed by atoms with Crippen molar-refractivity contribution in [2.45, 2.75) is 31.5 Å². The fourth-order valence-electron chi connectivity index (χ4n) is 2.53. The summed E-state index contributed by atoms with van der Waals surface area (Å²) in [6, 6.07) is 11.1. The summed E-state index contributed by atoms with van der Waals surface area (Å²) in [5.74, 6) is 0.761. The molecule has 28 heavy (non-hydrogen) atoms. The second-order valence-corrected chi connectivity index (χ2v) is 7.37. The number of nitrogens with one attached hydrogen (secondary N) is 2. The van der Waals surface area contributed by atoms with E-state index in [1.807, 2.05) is 22.9 Å². The molecule has 0 radical (unpaired) electrons. The molecule has 0 bridgehead atoms. The van der Waals surface area contributed by atoms with Gasteiger partial charge < -0.3 is 9.73 Å². The highest BCUT2D eigenvalue weighted by Gasteiger charge is 2.12. The van der Waals surface area contributed by atoms with Crippen LogP contribution in [0.25, 0.3) is 5.69 Å². The van der Waals surface area contributed by atoms with E-state index in [1.165, 1.54) is 23.6 Å². The van der Waals surface area contributed by atoms with Crippen LogP contribution in [0, 0.1) is 0 Å². The molecular formula is C20H22N4O3S. The van der Waals surface area contributed by atoms with Gasteiger partial charge in [0.25, 0.3) is 0 Å². The van der Waals surface area contributed by atoms with E-state index in [9.17, 15) is 9.59 Å². The van der Waals surface area contributed by atoms with Crippen LogP contribution < -0.4 is 10.6 Å². The predicted octanol–water partition coefficient (Wildman–Crippen LogP) is 3.71. The highest BCUT2D eigenvalue weighted by Crippen LogP contribution is 2.22. The highest BCUT2D eigenvalue weighted by atomic mass is 32.2. The van der Waals surface area contributed by atoms with E-state index in [1.54, 1.807) is 18.3 Å². The van der Waals surface area contributed by atoms with E-state index in [0.717, 1.165) is 5.69 Å². The van der Waals surface area contributed by atoms with Crippen LogP contribution >= 0.6 is 11.8 Å². The van der Waals surface area contributed by atoms with Crippen LogP contribution in [0.3, 0.4) is 0 Å². The van der Waals surface area contributed by atoms with Gasteiger partial charge in [0, 0.05) is 18.1 Å². The minimum absolute atomic E-state index is 0.0786. The summed E-state index contributed by atoms with van der Waals surface area (Å²) in [5, 5.41) is 5.55. The zero-order chi connectivity index (χ0) is 19.9. The van der Waals surface area contributed by atoms with Gasteiger partial charge in [-0.1, -0.05) is 37.7 Å². The van der Waals surface area contributed by atoms with E-state index >= 15 is 0 Å². The number of hydrogen-bond donors (Lipinski definition) is 2. The van der Waals surface area contributed by atoms with Gasteiger partial charge in [-0.3, -0.25) is 14.7 Å². The molecule has 3 aromatic rings. The van der Waals surface area contributed by atoms with Crippen molar-refractivity contribution in [3.8, 4) is 5.69 Å². The summed E-state index contributed by atoms with van der Waals surface area (Å²) in [6.45, 7) is 4.52. The van der Waals surface area contributed by atoms with Crippen molar-refractivity contribution in [3.05, 3.63) is 66.4 Å². The molecule has 0 fully saturated rings. The molecule has 8 heteroatoms. The Morgan fingerprint density at radius 2 is 2.00 bits per heavy atom. The standard InChI is InChI=1S/C20H22N4O3S/c1-14(2)15-5-7-16(8-6-15)24-10-9-21-20(24)28-13-18(25)23-19(26)22-12-17-4-3-11-27-17/h3-11,14H,12-13H2,1-2H3,(H2,22,23,25,26). The maximum Gasteiger partial charge on any atom is 0.321 e. The number of furan rings is 1. The van der Waals surface area contributed by atoms with Crippen LogP contribution in [0.4, 0.5) is 4.79 Å². The maximum absolute atomic E-state index is 12.0. The Bertz CT molecular complexity index is 917. The lowest BCUT2D eigenvalue weighted by Gasteiger charge is -2.10. The molecule has 0 aliphatic carbocycles. The van der Waals surface area contributed by atoms with Gasteiger partial charge in [-0.05, 0) is 35.7 Å². The topological polar surface area (TPSA) is 89.2 Å². The molecule has 146 valence electrons. The van der Waals surface area contributed by atoms with Crippen molar-refractivity contribution in [1.82, 2.24) is 20.2 Å². The number of hydrogen-bond acceptors (Lipinski definition) is 5.